The Bertz CT molecular complexity index is 230. The van der Waals surface area contributed by atoms with E-state index in [0.717, 1.165) is 17.3 Å². The molecule has 2 nitrogen and oxygen atoms in total. The van der Waals surface area contributed by atoms with Gasteiger partial charge in [-0.05, 0) is 12.3 Å². The predicted octanol–water partition coefficient (Wildman–Crippen LogP) is 2.44. The van der Waals surface area contributed by atoms with Crippen molar-refractivity contribution in [3.63, 3.8) is 0 Å². The molecule has 0 atom stereocenters. The van der Waals surface area contributed by atoms with Gasteiger partial charge in [-0.3, -0.25) is 0 Å². The lowest BCUT2D eigenvalue weighted by Gasteiger charge is -2.48. The van der Waals surface area contributed by atoms with Crippen LogP contribution in [0.25, 0.3) is 0 Å². The second-order valence-electron chi connectivity index (χ2n) is 3.95. The van der Waals surface area contributed by atoms with E-state index in [1.165, 1.54) is 0 Å². The molecule has 0 aliphatic carbocycles. The molecule has 3 aliphatic rings. The van der Waals surface area contributed by atoms with E-state index in [4.69, 9.17) is 4.74 Å². The molecule has 0 aromatic carbocycles. The van der Waals surface area contributed by atoms with Crippen molar-refractivity contribution >= 4 is 41.3 Å². The van der Waals surface area contributed by atoms with Crippen molar-refractivity contribution in [2.24, 2.45) is 5.41 Å². The van der Waals surface area contributed by atoms with Crippen molar-refractivity contribution in [2.75, 3.05) is 23.9 Å². The van der Waals surface area contributed by atoms with Crippen LogP contribution in [0.3, 0.4) is 0 Å². The van der Waals surface area contributed by atoms with Crippen LogP contribution in [-0.2, 0) is 9.53 Å². The summed E-state index contributed by atoms with van der Waals surface area (Å²) in [5.41, 5.74) is 0.425. The van der Waals surface area contributed by atoms with Gasteiger partial charge in [0, 0.05) is 17.3 Å². The summed E-state index contributed by atoms with van der Waals surface area (Å²) in [5, 5.41) is 0. The molecule has 0 aromatic rings. The van der Waals surface area contributed by atoms with Gasteiger partial charge in [-0.25, -0.2) is 4.79 Å². The van der Waals surface area contributed by atoms with Gasteiger partial charge in [-0.2, -0.15) is 0 Å². The van der Waals surface area contributed by atoms with Gasteiger partial charge >= 0.3 is 5.97 Å². The summed E-state index contributed by atoms with van der Waals surface area (Å²) in [7, 11) is 0. The van der Waals surface area contributed by atoms with E-state index in [1.54, 1.807) is 35.3 Å². The number of ether oxygens (including phenoxy) is 1. The van der Waals surface area contributed by atoms with Crippen LogP contribution in [0.15, 0.2) is 0 Å². The number of carbonyl (C=O) groups excluding carboxylic acids is 1. The zero-order valence-corrected chi connectivity index (χ0v) is 10.8. The molecule has 5 heteroatoms. The quantitative estimate of drug-likeness (QED) is 0.701. The molecule has 3 rings (SSSR count). The van der Waals surface area contributed by atoms with Crippen LogP contribution in [0.5, 0.6) is 0 Å². The Morgan fingerprint density at radius 2 is 1.79 bits per heavy atom. The molecule has 80 valence electrons. The van der Waals surface area contributed by atoms with Crippen molar-refractivity contribution in [2.45, 2.75) is 17.3 Å². The van der Waals surface area contributed by atoms with Crippen LogP contribution in [-0.4, -0.2) is 33.2 Å². The molecule has 0 unspecified atom stereocenters. The number of hydrogen-bond donors (Lipinski definition) is 0. The molecule has 2 bridgehead atoms. The number of esters is 1. The van der Waals surface area contributed by atoms with Crippen LogP contribution < -0.4 is 0 Å². The fourth-order valence-corrected chi connectivity index (χ4v) is 6.66. The zero-order valence-electron chi connectivity index (χ0n) is 8.37. The second kappa shape index (κ2) is 3.83. The van der Waals surface area contributed by atoms with Gasteiger partial charge in [0.15, 0.2) is 0 Å². The van der Waals surface area contributed by atoms with Gasteiger partial charge in [0.25, 0.3) is 0 Å². The molecule has 3 aliphatic heterocycles. The highest BCUT2D eigenvalue weighted by Gasteiger charge is 2.54. The summed E-state index contributed by atoms with van der Waals surface area (Å²) in [4.78, 5) is 11.8. The molecule has 0 N–H and O–H groups in total. The topological polar surface area (TPSA) is 26.3 Å². The number of fused-ring (bicyclic) bond motifs is 3. The van der Waals surface area contributed by atoms with Gasteiger partial charge in [-0.1, -0.05) is 6.92 Å². The number of thioether (sulfide) groups is 3. The molecule has 0 spiro atoms. The maximum absolute atomic E-state index is 11.8. The van der Waals surface area contributed by atoms with Crippen molar-refractivity contribution in [1.29, 1.82) is 0 Å². The van der Waals surface area contributed by atoms with Gasteiger partial charge in [0.05, 0.1) is 6.61 Å². The lowest BCUT2D eigenvalue weighted by Crippen LogP contribution is -2.47. The van der Waals surface area contributed by atoms with Crippen molar-refractivity contribution in [1.82, 2.24) is 0 Å². The molecular weight excluding hydrogens is 236 g/mol. The Hall–Kier alpha value is 0.520. The molecule has 0 aromatic heterocycles. The third-order valence-electron chi connectivity index (χ3n) is 2.36. The average molecular weight is 250 g/mol. The largest absolute Gasteiger partial charge is 0.464 e. The minimum Gasteiger partial charge on any atom is -0.464 e. The van der Waals surface area contributed by atoms with Crippen LogP contribution in [0, 0.1) is 5.41 Å². The van der Waals surface area contributed by atoms with E-state index < -0.39 is 0 Å². The second-order valence-corrected chi connectivity index (χ2v) is 8.30. The Balaban J connectivity index is 2.08. The molecular formula is C9H14O2S3. The summed E-state index contributed by atoms with van der Waals surface area (Å²) >= 11 is 5.28. The minimum atomic E-state index is -0.340. The van der Waals surface area contributed by atoms with Gasteiger partial charge in [0.2, 0.25) is 3.41 Å². The number of carbonyl (C=O) groups is 1. The first-order chi connectivity index (χ1) is 6.60. The van der Waals surface area contributed by atoms with Crippen LogP contribution >= 0.6 is 35.3 Å². The summed E-state index contributed by atoms with van der Waals surface area (Å²) in [5.74, 6) is 3.23. The Kier molecular flexibility index (Phi) is 3.02. The number of rotatable bonds is 2. The van der Waals surface area contributed by atoms with Crippen LogP contribution in [0.4, 0.5) is 0 Å². The maximum atomic E-state index is 11.8. The van der Waals surface area contributed by atoms with Crippen molar-refractivity contribution < 1.29 is 9.53 Å². The third-order valence-corrected chi connectivity index (χ3v) is 8.64. The monoisotopic (exact) mass is 250 g/mol. The Labute approximate surface area is 97.3 Å². The summed E-state index contributed by atoms with van der Waals surface area (Å²) in [6.07, 6.45) is 0. The highest BCUT2D eigenvalue weighted by atomic mass is 32.3. The molecule has 3 fully saturated rings. The smallest absolute Gasteiger partial charge is 0.343 e. The first kappa shape index (κ1) is 11.0. The van der Waals surface area contributed by atoms with E-state index >= 15 is 0 Å². The molecule has 3 heterocycles. The summed E-state index contributed by atoms with van der Waals surface area (Å²) < 4.78 is 4.79. The van der Waals surface area contributed by atoms with E-state index in [1.807, 2.05) is 6.92 Å². The normalized spacial score (nSPS) is 41.0. The zero-order chi connectivity index (χ0) is 10.2. The summed E-state index contributed by atoms with van der Waals surface area (Å²) in [6, 6.07) is 0. The highest BCUT2D eigenvalue weighted by molar-refractivity contribution is 8.36. The lowest BCUT2D eigenvalue weighted by atomic mass is 9.99. The Morgan fingerprint density at radius 1 is 1.29 bits per heavy atom. The first-order valence-corrected chi connectivity index (χ1v) is 7.65. The van der Waals surface area contributed by atoms with E-state index in [9.17, 15) is 4.79 Å². The number of hydrogen-bond acceptors (Lipinski definition) is 5. The average Bonchev–Trinajstić information content (AvgIpc) is 2.20. The molecule has 0 saturated carbocycles. The minimum absolute atomic E-state index is 0.0400. The summed E-state index contributed by atoms with van der Waals surface area (Å²) in [6.45, 7) is 4.65. The van der Waals surface area contributed by atoms with Gasteiger partial charge in [0.1, 0.15) is 0 Å². The third kappa shape index (κ3) is 1.78. The van der Waals surface area contributed by atoms with Crippen LogP contribution in [0.1, 0.15) is 13.8 Å². The molecule has 14 heavy (non-hydrogen) atoms. The Morgan fingerprint density at radius 3 is 2.21 bits per heavy atom. The van der Waals surface area contributed by atoms with Crippen LogP contribution in [0.2, 0.25) is 0 Å². The fourth-order valence-electron chi connectivity index (χ4n) is 1.45. The van der Waals surface area contributed by atoms with Gasteiger partial charge < -0.3 is 4.74 Å². The first-order valence-electron chi connectivity index (χ1n) is 4.69. The molecule has 0 amide bonds. The lowest BCUT2D eigenvalue weighted by molar-refractivity contribution is -0.141. The van der Waals surface area contributed by atoms with E-state index in [0.29, 0.717) is 12.0 Å². The van der Waals surface area contributed by atoms with E-state index in [2.05, 4.69) is 6.92 Å². The van der Waals surface area contributed by atoms with Gasteiger partial charge in [-0.15, -0.1) is 35.3 Å². The van der Waals surface area contributed by atoms with E-state index in [-0.39, 0.29) is 9.38 Å². The van der Waals surface area contributed by atoms with Crippen molar-refractivity contribution in [3.8, 4) is 0 Å². The molecule has 3 saturated heterocycles. The predicted molar refractivity (Wildman–Crippen MR) is 64.8 cm³/mol. The highest BCUT2D eigenvalue weighted by Crippen LogP contribution is 2.61. The molecule has 0 radical (unpaired) electrons. The SMILES string of the molecule is CCOC(=O)C12SCC(C)(CS1)CS2. The van der Waals surface area contributed by atoms with Crippen molar-refractivity contribution in [3.05, 3.63) is 0 Å². The fraction of sp³-hybridized carbons (Fsp3) is 0.889. The maximum Gasteiger partial charge on any atom is 0.343 e. The standard InChI is InChI=1S/C9H14O2S3/c1-3-11-7(10)9-12-4-8(2,5-13-9)6-14-9/h3-6H2,1-2H3.